The van der Waals surface area contributed by atoms with Crippen LogP contribution in [0, 0.1) is 0 Å². The van der Waals surface area contributed by atoms with Crippen molar-refractivity contribution in [3.63, 3.8) is 0 Å². The van der Waals surface area contributed by atoms with Gasteiger partial charge in [0.25, 0.3) is 0 Å². The fourth-order valence-electron chi connectivity index (χ4n) is 1.33. The number of H-pyrrole nitrogens is 1. The Bertz CT molecular complexity index is 559. The van der Waals surface area contributed by atoms with Crippen molar-refractivity contribution in [1.82, 2.24) is 9.97 Å². The largest absolute Gasteiger partial charge is 0.508 e. The van der Waals surface area contributed by atoms with Crippen molar-refractivity contribution in [2.75, 3.05) is 0 Å². The zero-order valence-electron chi connectivity index (χ0n) is 8.79. The Labute approximate surface area is 97.1 Å². The van der Waals surface area contributed by atoms with E-state index in [-0.39, 0.29) is 17.1 Å². The van der Waals surface area contributed by atoms with Gasteiger partial charge in [-0.25, -0.2) is 4.98 Å². The van der Waals surface area contributed by atoms with Crippen LogP contribution in [0.2, 0.25) is 0 Å². The molecule has 3 N–H and O–H groups in total. The van der Waals surface area contributed by atoms with Crippen molar-refractivity contribution >= 4 is 11.9 Å². The molecule has 0 aliphatic heterocycles. The summed E-state index contributed by atoms with van der Waals surface area (Å²) < 4.78 is 0. The number of carbonyl (C=O) groups excluding carboxylic acids is 1. The fraction of sp³-hybridized carbons (Fsp3) is 0. The number of allylic oxidation sites excluding steroid dienone is 1. The summed E-state index contributed by atoms with van der Waals surface area (Å²) in [6.07, 6.45) is 5.96. The molecular formula is C12H10N2O3. The first-order valence-electron chi connectivity index (χ1n) is 4.90. The Hall–Kier alpha value is -2.56. The highest BCUT2D eigenvalue weighted by molar-refractivity contribution is 6.08. The molecule has 5 nitrogen and oxygen atoms in total. The lowest BCUT2D eigenvalue weighted by Crippen LogP contribution is -1.94. The molecule has 17 heavy (non-hydrogen) atoms. The van der Waals surface area contributed by atoms with E-state index >= 15 is 0 Å². The maximum atomic E-state index is 11.7. The third-order valence-electron chi connectivity index (χ3n) is 2.16. The van der Waals surface area contributed by atoms with Gasteiger partial charge in [-0.2, -0.15) is 0 Å². The number of benzene rings is 1. The summed E-state index contributed by atoms with van der Waals surface area (Å²) in [5.41, 5.74) is 0.0489. The molecule has 0 amide bonds. The van der Waals surface area contributed by atoms with E-state index in [1.54, 1.807) is 12.4 Å². The van der Waals surface area contributed by atoms with Crippen LogP contribution >= 0.6 is 0 Å². The predicted octanol–water partition coefficient (Wildman–Crippen LogP) is 1.72. The van der Waals surface area contributed by atoms with Crippen LogP contribution in [0.3, 0.4) is 0 Å². The third-order valence-corrected chi connectivity index (χ3v) is 2.16. The molecule has 0 saturated carbocycles. The minimum absolute atomic E-state index is 0.0489. The van der Waals surface area contributed by atoms with E-state index in [2.05, 4.69) is 9.97 Å². The van der Waals surface area contributed by atoms with Gasteiger partial charge in [0.05, 0.1) is 5.56 Å². The van der Waals surface area contributed by atoms with Crippen LogP contribution in [0.15, 0.2) is 36.7 Å². The van der Waals surface area contributed by atoms with Gasteiger partial charge in [-0.1, -0.05) is 0 Å². The van der Waals surface area contributed by atoms with Crippen molar-refractivity contribution in [3.8, 4) is 11.5 Å². The van der Waals surface area contributed by atoms with E-state index in [4.69, 9.17) is 0 Å². The van der Waals surface area contributed by atoms with Crippen LogP contribution in [-0.4, -0.2) is 26.0 Å². The van der Waals surface area contributed by atoms with Gasteiger partial charge in [-0.15, -0.1) is 0 Å². The summed E-state index contributed by atoms with van der Waals surface area (Å²) in [6.45, 7) is 0. The number of rotatable bonds is 3. The van der Waals surface area contributed by atoms with Gasteiger partial charge in [-0.05, 0) is 30.4 Å². The molecule has 86 valence electrons. The standard InChI is InChI=1S/C12H10N2O3/c15-8-1-2-10(16)9(7-8)11(17)3-4-12-13-5-6-14-12/h1-7,15-16H,(H,13,14). The highest BCUT2D eigenvalue weighted by atomic mass is 16.3. The highest BCUT2D eigenvalue weighted by Crippen LogP contribution is 2.22. The Morgan fingerprint density at radius 1 is 1.35 bits per heavy atom. The zero-order chi connectivity index (χ0) is 12.3. The van der Waals surface area contributed by atoms with Crippen LogP contribution in [0.5, 0.6) is 11.5 Å². The van der Waals surface area contributed by atoms with Crippen LogP contribution in [0.1, 0.15) is 16.2 Å². The van der Waals surface area contributed by atoms with Gasteiger partial charge in [0.1, 0.15) is 17.3 Å². The number of aromatic amines is 1. The molecule has 2 aromatic rings. The Balaban J connectivity index is 2.23. The van der Waals surface area contributed by atoms with Crippen molar-refractivity contribution in [3.05, 3.63) is 48.1 Å². The first kappa shape index (κ1) is 10.9. The fourth-order valence-corrected chi connectivity index (χ4v) is 1.33. The second-order valence-electron chi connectivity index (χ2n) is 3.37. The molecule has 5 heteroatoms. The number of hydrogen-bond donors (Lipinski definition) is 3. The number of ketones is 1. The van der Waals surface area contributed by atoms with Crippen molar-refractivity contribution in [2.24, 2.45) is 0 Å². The molecule has 2 rings (SSSR count). The molecule has 1 aromatic heterocycles. The summed E-state index contributed by atoms with van der Waals surface area (Å²) in [5.74, 6) is -0.109. The van der Waals surface area contributed by atoms with Gasteiger partial charge < -0.3 is 15.2 Å². The molecule has 0 aliphatic rings. The van der Waals surface area contributed by atoms with Gasteiger partial charge in [0, 0.05) is 12.4 Å². The molecule has 0 saturated heterocycles. The second kappa shape index (κ2) is 4.52. The number of aromatic hydroxyl groups is 2. The van der Waals surface area contributed by atoms with E-state index in [0.29, 0.717) is 5.82 Å². The molecule has 0 unspecified atom stereocenters. The molecule has 1 heterocycles. The first-order valence-corrected chi connectivity index (χ1v) is 4.90. The van der Waals surface area contributed by atoms with Crippen LogP contribution in [0.25, 0.3) is 6.08 Å². The smallest absolute Gasteiger partial charge is 0.189 e. The maximum Gasteiger partial charge on any atom is 0.189 e. The van der Waals surface area contributed by atoms with E-state index in [9.17, 15) is 15.0 Å². The zero-order valence-corrected chi connectivity index (χ0v) is 8.79. The van der Waals surface area contributed by atoms with E-state index < -0.39 is 5.78 Å². The van der Waals surface area contributed by atoms with Crippen molar-refractivity contribution in [2.45, 2.75) is 0 Å². The lowest BCUT2D eigenvalue weighted by Gasteiger charge is -2.00. The molecule has 0 bridgehead atoms. The topological polar surface area (TPSA) is 86.2 Å². The normalized spacial score (nSPS) is 10.8. The third kappa shape index (κ3) is 2.52. The monoisotopic (exact) mass is 230 g/mol. The average molecular weight is 230 g/mol. The Morgan fingerprint density at radius 2 is 2.18 bits per heavy atom. The molecule has 1 aromatic carbocycles. The second-order valence-corrected chi connectivity index (χ2v) is 3.37. The van der Waals surface area contributed by atoms with Crippen LogP contribution < -0.4 is 0 Å². The van der Waals surface area contributed by atoms with E-state index in [1.165, 1.54) is 30.4 Å². The molecular weight excluding hydrogens is 220 g/mol. The number of nitrogens with zero attached hydrogens (tertiary/aromatic N) is 1. The summed E-state index contributed by atoms with van der Waals surface area (Å²) in [4.78, 5) is 18.4. The summed E-state index contributed by atoms with van der Waals surface area (Å²) in [6, 6.07) is 3.79. The number of imidazole rings is 1. The van der Waals surface area contributed by atoms with Crippen molar-refractivity contribution in [1.29, 1.82) is 0 Å². The highest BCUT2D eigenvalue weighted by Gasteiger charge is 2.08. The maximum absolute atomic E-state index is 11.7. The van der Waals surface area contributed by atoms with Gasteiger partial charge in [-0.3, -0.25) is 4.79 Å². The average Bonchev–Trinajstić information content (AvgIpc) is 2.82. The Morgan fingerprint density at radius 3 is 2.88 bits per heavy atom. The predicted molar refractivity (Wildman–Crippen MR) is 61.7 cm³/mol. The minimum atomic E-state index is -0.408. The number of nitrogens with one attached hydrogen (secondary N) is 1. The summed E-state index contributed by atoms with van der Waals surface area (Å²) in [7, 11) is 0. The minimum Gasteiger partial charge on any atom is -0.508 e. The molecule has 0 spiro atoms. The molecule has 0 aliphatic carbocycles. The van der Waals surface area contributed by atoms with Crippen molar-refractivity contribution < 1.29 is 15.0 Å². The number of phenols is 2. The Kier molecular flexibility index (Phi) is 2.91. The lowest BCUT2D eigenvalue weighted by molar-refractivity contribution is 0.104. The quantitative estimate of drug-likeness (QED) is 0.425. The van der Waals surface area contributed by atoms with Gasteiger partial charge >= 0.3 is 0 Å². The lowest BCUT2D eigenvalue weighted by atomic mass is 10.1. The molecule has 0 atom stereocenters. The number of hydrogen-bond acceptors (Lipinski definition) is 4. The van der Waals surface area contributed by atoms with Gasteiger partial charge in [0.2, 0.25) is 0 Å². The number of carbonyl (C=O) groups is 1. The SMILES string of the molecule is O=C(C=Cc1ncc[nH]1)c1cc(O)ccc1O. The summed E-state index contributed by atoms with van der Waals surface area (Å²) in [5, 5.41) is 18.7. The molecule has 0 fully saturated rings. The molecule has 0 radical (unpaired) electrons. The number of aromatic nitrogens is 2. The first-order chi connectivity index (χ1) is 8.16. The number of phenolic OH excluding ortho intramolecular Hbond substituents is 2. The summed E-state index contributed by atoms with van der Waals surface area (Å²) >= 11 is 0. The van der Waals surface area contributed by atoms with Gasteiger partial charge in [0.15, 0.2) is 5.78 Å². The van der Waals surface area contributed by atoms with E-state index in [0.717, 1.165) is 0 Å². The van der Waals surface area contributed by atoms with E-state index in [1.807, 2.05) is 0 Å². The van der Waals surface area contributed by atoms with Crippen LogP contribution in [-0.2, 0) is 0 Å². The van der Waals surface area contributed by atoms with Crippen LogP contribution in [0.4, 0.5) is 0 Å².